The molecule has 0 radical (unpaired) electrons. The van der Waals surface area contributed by atoms with Gasteiger partial charge in [0, 0.05) is 6.04 Å². The number of carbonyl (C=O) groups is 1. The number of aryl methyl sites for hydroxylation is 1. The second-order valence-corrected chi connectivity index (χ2v) is 5.44. The summed E-state index contributed by atoms with van der Waals surface area (Å²) in [6, 6.07) is 0.456. The van der Waals surface area contributed by atoms with E-state index in [1.54, 1.807) is 0 Å². The molecule has 1 aliphatic carbocycles. The summed E-state index contributed by atoms with van der Waals surface area (Å²) in [6.07, 6.45) is 5.14. The quantitative estimate of drug-likeness (QED) is 0.904. The molecule has 0 bridgehead atoms. The van der Waals surface area contributed by atoms with E-state index in [4.69, 9.17) is 9.84 Å². The predicted molar refractivity (Wildman–Crippen MR) is 66.7 cm³/mol. The van der Waals surface area contributed by atoms with Gasteiger partial charge in [0.2, 0.25) is 0 Å². The average molecular weight is 265 g/mol. The maximum absolute atomic E-state index is 11.0. The molecule has 2 unspecified atom stereocenters. The minimum Gasteiger partial charge on any atom is -0.479 e. The zero-order valence-electron chi connectivity index (χ0n) is 11.1. The fourth-order valence-electron chi connectivity index (χ4n) is 3.23. The first kappa shape index (κ1) is 12.6. The molecule has 3 rings (SSSR count). The molecule has 2 fully saturated rings. The van der Waals surface area contributed by atoms with Crippen molar-refractivity contribution in [3.05, 3.63) is 11.6 Å². The summed E-state index contributed by atoms with van der Waals surface area (Å²) in [5.41, 5.74) is 0. The van der Waals surface area contributed by atoms with E-state index in [9.17, 15) is 4.79 Å². The molecule has 19 heavy (non-hydrogen) atoms. The number of ether oxygens (including phenoxy) is 1. The summed E-state index contributed by atoms with van der Waals surface area (Å²) < 4.78 is 7.77. The third-order valence-corrected chi connectivity index (χ3v) is 4.17. The highest BCUT2D eigenvalue weighted by Crippen LogP contribution is 2.37. The first-order valence-electron chi connectivity index (χ1n) is 6.96. The van der Waals surface area contributed by atoms with Gasteiger partial charge in [-0.2, -0.15) is 0 Å². The third kappa shape index (κ3) is 2.25. The summed E-state index contributed by atoms with van der Waals surface area (Å²) in [7, 11) is 0. The number of nitrogens with zero attached hydrogens (tertiary/aromatic N) is 3. The molecular weight excluding hydrogens is 246 g/mol. The maximum Gasteiger partial charge on any atom is 0.332 e. The number of hydrogen-bond donors (Lipinski definition) is 1. The normalized spacial score (nSPS) is 28.1. The van der Waals surface area contributed by atoms with Gasteiger partial charge in [0.25, 0.3) is 0 Å². The number of aliphatic carboxylic acids is 1. The molecule has 6 nitrogen and oxygen atoms in total. The van der Waals surface area contributed by atoms with Crippen molar-refractivity contribution in [2.75, 3.05) is 0 Å². The van der Waals surface area contributed by atoms with E-state index in [-0.39, 0.29) is 6.10 Å². The number of carboxylic acid groups (broad SMARTS) is 1. The molecule has 2 heterocycles. The van der Waals surface area contributed by atoms with E-state index in [1.165, 1.54) is 12.8 Å². The highest BCUT2D eigenvalue weighted by Gasteiger charge is 2.36. The van der Waals surface area contributed by atoms with E-state index in [1.807, 2.05) is 6.92 Å². The van der Waals surface area contributed by atoms with Gasteiger partial charge in [0.05, 0.1) is 0 Å². The lowest BCUT2D eigenvalue weighted by molar-refractivity contribution is -0.149. The number of rotatable bonds is 3. The van der Waals surface area contributed by atoms with Crippen LogP contribution in [0.1, 0.15) is 62.3 Å². The summed E-state index contributed by atoms with van der Waals surface area (Å²) in [5.74, 6) is 0.837. The first-order chi connectivity index (χ1) is 9.16. The fourth-order valence-corrected chi connectivity index (χ4v) is 3.23. The molecule has 1 N–H and O–H groups in total. The lowest BCUT2D eigenvalue weighted by Gasteiger charge is -2.18. The number of aromatic nitrogens is 3. The summed E-state index contributed by atoms with van der Waals surface area (Å²) in [6.45, 7) is 1.96. The van der Waals surface area contributed by atoms with Crippen LogP contribution in [0.2, 0.25) is 0 Å². The van der Waals surface area contributed by atoms with Crippen molar-refractivity contribution in [3.8, 4) is 0 Å². The minimum atomic E-state index is -0.883. The Balaban J connectivity index is 1.83. The Labute approximate surface area is 111 Å². The number of hydrogen-bond acceptors (Lipinski definition) is 4. The highest BCUT2D eigenvalue weighted by molar-refractivity contribution is 5.72. The van der Waals surface area contributed by atoms with Crippen LogP contribution in [-0.4, -0.2) is 31.9 Å². The summed E-state index contributed by atoms with van der Waals surface area (Å²) >= 11 is 0. The standard InChI is InChI=1S/C13H19N3O3/c1-8-14-15-12(16(8)9-4-2-3-5-9)10-6-7-11(19-10)13(17)18/h9-11H,2-7H2,1H3,(H,17,18). The van der Waals surface area contributed by atoms with Gasteiger partial charge in [-0.15, -0.1) is 10.2 Å². The Hall–Kier alpha value is -1.43. The predicted octanol–water partition coefficient (Wildman–Crippen LogP) is 2.01. The first-order valence-corrected chi connectivity index (χ1v) is 6.96. The lowest BCUT2D eigenvalue weighted by Crippen LogP contribution is -2.20. The molecule has 2 atom stereocenters. The highest BCUT2D eigenvalue weighted by atomic mass is 16.5. The van der Waals surface area contributed by atoms with Gasteiger partial charge in [0.15, 0.2) is 11.9 Å². The van der Waals surface area contributed by atoms with Gasteiger partial charge in [-0.3, -0.25) is 0 Å². The molecule has 0 aromatic carbocycles. The fraction of sp³-hybridized carbons (Fsp3) is 0.769. The van der Waals surface area contributed by atoms with Crippen LogP contribution in [-0.2, 0) is 9.53 Å². The van der Waals surface area contributed by atoms with Crippen LogP contribution in [0.3, 0.4) is 0 Å². The molecule has 0 amide bonds. The topological polar surface area (TPSA) is 77.2 Å². The van der Waals surface area contributed by atoms with Gasteiger partial charge in [-0.25, -0.2) is 4.79 Å². The van der Waals surface area contributed by atoms with Crippen molar-refractivity contribution in [3.63, 3.8) is 0 Å². The summed E-state index contributed by atoms with van der Waals surface area (Å²) in [5, 5.41) is 17.4. The molecule has 1 aromatic rings. The van der Waals surface area contributed by atoms with Crippen molar-refractivity contribution in [1.82, 2.24) is 14.8 Å². The van der Waals surface area contributed by atoms with E-state index in [2.05, 4.69) is 14.8 Å². The monoisotopic (exact) mass is 265 g/mol. The van der Waals surface area contributed by atoms with E-state index >= 15 is 0 Å². The Morgan fingerprint density at radius 3 is 2.63 bits per heavy atom. The van der Waals surface area contributed by atoms with E-state index < -0.39 is 12.1 Å². The smallest absolute Gasteiger partial charge is 0.332 e. The molecule has 0 spiro atoms. The van der Waals surface area contributed by atoms with Gasteiger partial charge in [-0.05, 0) is 32.6 Å². The minimum absolute atomic E-state index is 0.220. The average Bonchev–Trinajstić information content (AvgIpc) is 3.07. The Morgan fingerprint density at radius 2 is 2.00 bits per heavy atom. The SMILES string of the molecule is Cc1nnc(C2CCC(C(=O)O)O2)n1C1CCCC1. The molecule has 1 saturated carbocycles. The van der Waals surface area contributed by atoms with Crippen molar-refractivity contribution >= 4 is 5.97 Å². The summed E-state index contributed by atoms with van der Waals surface area (Å²) in [4.78, 5) is 11.0. The molecule has 1 aromatic heterocycles. The van der Waals surface area contributed by atoms with Crippen LogP contribution < -0.4 is 0 Å². The zero-order chi connectivity index (χ0) is 13.4. The van der Waals surface area contributed by atoms with E-state index in [0.717, 1.165) is 24.5 Å². The van der Waals surface area contributed by atoms with Crippen LogP contribution >= 0.6 is 0 Å². The molecule has 1 aliphatic heterocycles. The molecule has 104 valence electrons. The van der Waals surface area contributed by atoms with E-state index in [0.29, 0.717) is 18.9 Å². The maximum atomic E-state index is 11.0. The van der Waals surface area contributed by atoms with Crippen molar-refractivity contribution in [2.24, 2.45) is 0 Å². The second kappa shape index (κ2) is 4.92. The van der Waals surface area contributed by atoms with Gasteiger partial charge < -0.3 is 14.4 Å². The van der Waals surface area contributed by atoms with Crippen molar-refractivity contribution < 1.29 is 14.6 Å². The molecule has 1 saturated heterocycles. The van der Waals surface area contributed by atoms with Crippen molar-refractivity contribution in [1.29, 1.82) is 0 Å². The van der Waals surface area contributed by atoms with Gasteiger partial charge >= 0.3 is 5.97 Å². The van der Waals surface area contributed by atoms with Crippen LogP contribution in [0.15, 0.2) is 0 Å². The Bertz CT molecular complexity index is 479. The Morgan fingerprint density at radius 1 is 1.26 bits per heavy atom. The zero-order valence-corrected chi connectivity index (χ0v) is 11.1. The van der Waals surface area contributed by atoms with Crippen LogP contribution in [0.5, 0.6) is 0 Å². The molecular formula is C13H19N3O3. The lowest BCUT2D eigenvalue weighted by atomic mass is 10.1. The van der Waals surface area contributed by atoms with Gasteiger partial charge in [-0.1, -0.05) is 12.8 Å². The Kier molecular flexibility index (Phi) is 3.26. The molecule has 6 heteroatoms. The van der Waals surface area contributed by atoms with Crippen LogP contribution in [0, 0.1) is 6.92 Å². The van der Waals surface area contributed by atoms with Crippen LogP contribution in [0.4, 0.5) is 0 Å². The third-order valence-electron chi connectivity index (χ3n) is 4.17. The van der Waals surface area contributed by atoms with Crippen molar-refractivity contribution in [2.45, 2.75) is 63.7 Å². The largest absolute Gasteiger partial charge is 0.479 e. The van der Waals surface area contributed by atoms with Crippen LogP contribution in [0.25, 0.3) is 0 Å². The second-order valence-electron chi connectivity index (χ2n) is 5.44. The number of carboxylic acids is 1. The van der Waals surface area contributed by atoms with Gasteiger partial charge in [0.1, 0.15) is 11.9 Å². The molecule has 2 aliphatic rings.